The number of hydrogen-bond acceptors (Lipinski definition) is 2. The van der Waals surface area contributed by atoms with E-state index in [0.29, 0.717) is 11.8 Å². The van der Waals surface area contributed by atoms with E-state index in [9.17, 15) is 0 Å². The van der Waals surface area contributed by atoms with Crippen LogP contribution in [-0.2, 0) is 0 Å². The summed E-state index contributed by atoms with van der Waals surface area (Å²) in [6.45, 7) is 2.36. The van der Waals surface area contributed by atoms with Crippen LogP contribution in [0.25, 0.3) is 0 Å². The fourth-order valence-electron chi connectivity index (χ4n) is 0.710. The third kappa shape index (κ3) is 1.32. The van der Waals surface area contributed by atoms with E-state index in [4.69, 9.17) is 23.2 Å². The van der Waals surface area contributed by atoms with Crippen molar-refractivity contribution in [1.82, 2.24) is 0 Å². The van der Waals surface area contributed by atoms with Gasteiger partial charge in [0.2, 0.25) is 0 Å². The van der Waals surface area contributed by atoms with Gasteiger partial charge in [0.25, 0.3) is 0 Å². The van der Waals surface area contributed by atoms with Crippen LogP contribution in [-0.4, -0.2) is 22.9 Å². The summed E-state index contributed by atoms with van der Waals surface area (Å²) in [5.74, 6) is 0. The molecular weight excluding hydrogens is 171 g/mol. The van der Waals surface area contributed by atoms with Crippen LogP contribution in [0.15, 0.2) is 9.98 Å². The number of halogens is 2. The molecule has 0 saturated carbocycles. The van der Waals surface area contributed by atoms with E-state index in [0.717, 1.165) is 6.42 Å². The minimum Gasteiger partial charge on any atom is -0.272 e. The molecule has 0 bridgehead atoms. The van der Waals surface area contributed by atoms with E-state index in [2.05, 4.69) is 9.98 Å². The quantitative estimate of drug-likeness (QED) is 0.550. The van der Waals surface area contributed by atoms with Gasteiger partial charge in [0.05, 0.1) is 0 Å². The molecule has 1 unspecified atom stereocenters. The van der Waals surface area contributed by atoms with E-state index in [1.807, 2.05) is 6.92 Å². The van der Waals surface area contributed by atoms with Crippen molar-refractivity contribution < 1.29 is 0 Å². The molecule has 1 heterocycles. The highest BCUT2D eigenvalue weighted by Gasteiger charge is 2.29. The van der Waals surface area contributed by atoms with Crippen molar-refractivity contribution in [1.29, 1.82) is 0 Å². The average molecular weight is 179 g/mol. The second-order valence-electron chi connectivity index (χ2n) is 2.12. The van der Waals surface area contributed by atoms with Gasteiger partial charge >= 0.3 is 0 Å². The maximum absolute atomic E-state index is 6.00. The Morgan fingerprint density at radius 1 is 1.80 bits per heavy atom. The van der Waals surface area contributed by atoms with Gasteiger partial charge < -0.3 is 0 Å². The molecule has 4 heteroatoms. The fraction of sp³-hybridized carbons (Fsp3) is 0.667. The highest BCUT2D eigenvalue weighted by Crippen LogP contribution is 2.23. The molecule has 56 valence electrons. The Morgan fingerprint density at radius 3 is 2.90 bits per heavy atom. The summed E-state index contributed by atoms with van der Waals surface area (Å²) in [5, 5.41) is 0.451. The summed E-state index contributed by atoms with van der Waals surface area (Å²) in [6, 6.07) is 0. The lowest BCUT2D eigenvalue weighted by molar-refractivity contribution is 0.877. The van der Waals surface area contributed by atoms with Gasteiger partial charge in [-0.25, -0.2) is 0 Å². The molecule has 0 radical (unpaired) electrons. The van der Waals surface area contributed by atoms with Crippen molar-refractivity contribution in [3.05, 3.63) is 0 Å². The average Bonchev–Trinajstić information content (AvgIpc) is 1.96. The molecule has 0 aromatic carbocycles. The van der Waals surface area contributed by atoms with Gasteiger partial charge in [0.1, 0.15) is 16.7 Å². The van der Waals surface area contributed by atoms with Crippen LogP contribution in [0.1, 0.15) is 13.3 Å². The van der Waals surface area contributed by atoms with Crippen molar-refractivity contribution in [3.8, 4) is 0 Å². The SMILES string of the molecule is CCC1(Cl)C=NCN=C1Cl. The van der Waals surface area contributed by atoms with Crippen LogP contribution in [0, 0.1) is 0 Å². The first kappa shape index (κ1) is 8.02. The van der Waals surface area contributed by atoms with E-state index < -0.39 is 4.87 Å². The third-order valence-electron chi connectivity index (χ3n) is 1.44. The second kappa shape index (κ2) is 2.89. The number of rotatable bonds is 1. The van der Waals surface area contributed by atoms with Gasteiger partial charge in [0, 0.05) is 6.21 Å². The molecule has 1 aliphatic heterocycles. The van der Waals surface area contributed by atoms with E-state index in [1.165, 1.54) is 0 Å². The summed E-state index contributed by atoms with van der Waals surface area (Å²) >= 11 is 11.7. The standard InChI is InChI=1S/C6H8Cl2N2/c1-2-6(8)3-9-4-10-5(6)7/h3H,2,4H2,1H3. The Labute approximate surface area is 70.0 Å². The van der Waals surface area contributed by atoms with Gasteiger partial charge in [-0.3, -0.25) is 9.98 Å². The highest BCUT2D eigenvalue weighted by molar-refractivity contribution is 6.75. The number of aliphatic imine (C=N–C) groups is 2. The van der Waals surface area contributed by atoms with Crippen LogP contribution in [0.3, 0.4) is 0 Å². The minimum absolute atomic E-state index is 0.410. The third-order valence-corrected chi connectivity index (χ3v) is 2.54. The van der Waals surface area contributed by atoms with Crippen LogP contribution >= 0.6 is 23.2 Å². The molecule has 0 spiro atoms. The maximum Gasteiger partial charge on any atom is 0.131 e. The normalized spacial score (nSPS) is 32.1. The van der Waals surface area contributed by atoms with Crippen LogP contribution in [0.4, 0.5) is 0 Å². The highest BCUT2D eigenvalue weighted by atomic mass is 35.5. The summed E-state index contributed by atoms with van der Waals surface area (Å²) < 4.78 is 0. The lowest BCUT2D eigenvalue weighted by Crippen LogP contribution is -2.32. The molecular formula is C6H8Cl2N2. The maximum atomic E-state index is 6.00. The molecule has 0 N–H and O–H groups in total. The fourth-order valence-corrected chi connectivity index (χ4v) is 1.07. The first-order valence-corrected chi connectivity index (χ1v) is 3.85. The zero-order valence-corrected chi connectivity index (χ0v) is 7.15. The topological polar surface area (TPSA) is 24.7 Å². The van der Waals surface area contributed by atoms with Gasteiger partial charge in [-0.05, 0) is 6.42 Å². The molecule has 0 aromatic heterocycles. The molecule has 0 amide bonds. The first-order chi connectivity index (χ1) is 4.69. The van der Waals surface area contributed by atoms with Crippen molar-refractivity contribution in [2.24, 2.45) is 9.98 Å². The molecule has 1 aliphatic rings. The van der Waals surface area contributed by atoms with Crippen LogP contribution in [0.2, 0.25) is 0 Å². The molecule has 0 saturated heterocycles. The zero-order valence-electron chi connectivity index (χ0n) is 5.64. The van der Waals surface area contributed by atoms with Crippen molar-refractivity contribution in [3.63, 3.8) is 0 Å². The summed E-state index contributed by atoms with van der Waals surface area (Å²) in [4.78, 5) is 7.20. The van der Waals surface area contributed by atoms with E-state index in [1.54, 1.807) is 6.21 Å². The predicted octanol–water partition coefficient (Wildman–Crippen LogP) is 2.05. The molecule has 0 aromatic rings. The monoisotopic (exact) mass is 178 g/mol. The smallest absolute Gasteiger partial charge is 0.131 e. The molecule has 1 rings (SSSR count). The Hall–Kier alpha value is -0.0800. The lowest BCUT2D eigenvalue weighted by atomic mass is 10.1. The van der Waals surface area contributed by atoms with E-state index in [-0.39, 0.29) is 0 Å². The van der Waals surface area contributed by atoms with E-state index >= 15 is 0 Å². The zero-order chi connectivity index (χ0) is 7.61. The first-order valence-electron chi connectivity index (χ1n) is 3.09. The van der Waals surface area contributed by atoms with Crippen molar-refractivity contribution >= 4 is 34.6 Å². The number of hydrogen-bond donors (Lipinski definition) is 0. The molecule has 0 fully saturated rings. The Balaban J connectivity index is 2.83. The molecule has 0 aliphatic carbocycles. The molecule has 1 atom stereocenters. The van der Waals surface area contributed by atoms with Crippen molar-refractivity contribution in [2.75, 3.05) is 6.67 Å². The summed E-state index contributed by atoms with van der Waals surface area (Å²) in [6.07, 6.45) is 2.38. The summed E-state index contributed by atoms with van der Waals surface area (Å²) in [5.41, 5.74) is 0. The minimum atomic E-state index is -0.625. The van der Waals surface area contributed by atoms with Crippen LogP contribution < -0.4 is 0 Å². The van der Waals surface area contributed by atoms with Gasteiger partial charge in [-0.2, -0.15) is 0 Å². The Kier molecular flexibility index (Phi) is 2.32. The Morgan fingerprint density at radius 2 is 2.50 bits per heavy atom. The van der Waals surface area contributed by atoms with Crippen LogP contribution in [0.5, 0.6) is 0 Å². The van der Waals surface area contributed by atoms with Crippen molar-refractivity contribution in [2.45, 2.75) is 18.2 Å². The lowest BCUT2D eigenvalue weighted by Gasteiger charge is -2.20. The summed E-state index contributed by atoms with van der Waals surface area (Å²) in [7, 11) is 0. The van der Waals surface area contributed by atoms with Gasteiger partial charge in [0.15, 0.2) is 0 Å². The second-order valence-corrected chi connectivity index (χ2v) is 3.15. The molecule has 2 nitrogen and oxygen atoms in total. The molecule has 10 heavy (non-hydrogen) atoms. The van der Waals surface area contributed by atoms with Gasteiger partial charge in [-0.15, -0.1) is 11.6 Å². The predicted molar refractivity (Wildman–Crippen MR) is 45.5 cm³/mol. The van der Waals surface area contributed by atoms with Gasteiger partial charge in [-0.1, -0.05) is 18.5 Å². The number of nitrogens with zero attached hydrogens (tertiary/aromatic N) is 2. The Bertz CT molecular complexity index is 188. The largest absolute Gasteiger partial charge is 0.272 e. The number of alkyl halides is 1.